The van der Waals surface area contributed by atoms with Crippen molar-refractivity contribution in [3.05, 3.63) is 58.0 Å². The number of carbonyl (C=O) groups excluding carboxylic acids is 1. The zero-order valence-corrected chi connectivity index (χ0v) is 17.6. The lowest BCUT2D eigenvalue weighted by Gasteiger charge is -2.31. The van der Waals surface area contributed by atoms with Crippen molar-refractivity contribution < 1.29 is 18.1 Å². The summed E-state index contributed by atoms with van der Waals surface area (Å²) in [6.45, 7) is 2.23. The van der Waals surface area contributed by atoms with Gasteiger partial charge in [-0.1, -0.05) is 33.6 Å². The van der Waals surface area contributed by atoms with Gasteiger partial charge < -0.3 is 10.2 Å². The molecule has 1 fully saturated rings. The van der Waals surface area contributed by atoms with Crippen LogP contribution in [0.1, 0.15) is 0 Å². The third-order valence-corrected chi connectivity index (χ3v) is 7.06. The Hall–Kier alpha value is -1.45. The van der Waals surface area contributed by atoms with Crippen LogP contribution in [0, 0.1) is 0 Å². The first-order valence-electron chi connectivity index (χ1n) is 8.49. The third kappa shape index (κ3) is 5.30. The molecule has 0 unspecified atom stereocenters. The van der Waals surface area contributed by atoms with E-state index < -0.39 is 10.0 Å². The first-order valence-corrected chi connectivity index (χ1v) is 11.1. The molecule has 2 aromatic rings. The number of rotatable bonds is 5. The maximum Gasteiger partial charge on any atom is 0.279 e. The number of quaternary nitrogens is 1. The van der Waals surface area contributed by atoms with Gasteiger partial charge in [0.05, 0.1) is 31.1 Å². The normalized spacial score (nSPS) is 16.2. The molecule has 2 N–H and O–H groups in total. The number of hydrogen-bond donors (Lipinski definition) is 2. The third-order valence-electron chi connectivity index (χ3n) is 4.40. The molecule has 1 amide bonds. The van der Waals surface area contributed by atoms with E-state index in [2.05, 4.69) is 21.2 Å². The van der Waals surface area contributed by atoms with Crippen LogP contribution < -0.4 is 10.2 Å². The fourth-order valence-electron chi connectivity index (χ4n) is 2.97. The van der Waals surface area contributed by atoms with Crippen LogP contribution >= 0.6 is 27.5 Å². The lowest BCUT2D eigenvalue weighted by atomic mass is 10.3. The molecular formula is C18H20BrClN3O3S+. The number of carbonyl (C=O) groups is 1. The molecule has 1 aliphatic rings. The molecule has 0 aromatic heterocycles. The van der Waals surface area contributed by atoms with Crippen LogP contribution in [0.15, 0.2) is 57.9 Å². The average molecular weight is 474 g/mol. The Bertz CT molecular complexity index is 914. The van der Waals surface area contributed by atoms with Gasteiger partial charge in [0.15, 0.2) is 6.54 Å². The second kappa shape index (κ2) is 8.70. The van der Waals surface area contributed by atoms with Gasteiger partial charge in [0.2, 0.25) is 10.0 Å². The van der Waals surface area contributed by atoms with Crippen molar-refractivity contribution >= 4 is 49.1 Å². The fraction of sp³-hybridized carbons (Fsp3) is 0.278. The Morgan fingerprint density at radius 1 is 1.15 bits per heavy atom. The van der Waals surface area contributed by atoms with E-state index in [9.17, 15) is 13.2 Å². The molecule has 1 saturated heterocycles. The van der Waals surface area contributed by atoms with E-state index in [-0.39, 0.29) is 10.8 Å². The number of amides is 1. The molecule has 1 heterocycles. The van der Waals surface area contributed by atoms with Crippen LogP contribution in [0.5, 0.6) is 0 Å². The highest BCUT2D eigenvalue weighted by molar-refractivity contribution is 9.10. The molecule has 2 aromatic carbocycles. The molecule has 0 bridgehead atoms. The summed E-state index contributed by atoms with van der Waals surface area (Å²) in [6.07, 6.45) is 0. The van der Waals surface area contributed by atoms with Gasteiger partial charge >= 0.3 is 0 Å². The maximum absolute atomic E-state index is 12.7. The number of piperazine rings is 1. The SMILES string of the molecule is O=C(C[NH+]1CCN(S(=O)(=O)c2ccc(Cl)cc2)CC1)Nc1cccc(Br)c1. The molecule has 9 heteroatoms. The fourth-order valence-corrected chi connectivity index (χ4v) is 4.94. The van der Waals surface area contributed by atoms with E-state index in [4.69, 9.17) is 11.6 Å². The van der Waals surface area contributed by atoms with Crippen LogP contribution in [0.25, 0.3) is 0 Å². The van der Waals surface area contributed by atoms with Crippen molar-refractivity contribution in [3.63, 3.8) is 0 Å². The van der Waals surface area contributed by atoms with Gasteiger partial charge in [-0.15, -0.1) is 0 Å². The molecule has 6 nitrogen and oxygen atoms in total. The molecule has 0 atom stereocenters. The van der Waals surface area contributed by atoms with Crippen molar-refractivity contribution in [2.45, 2.75) is 4.90 Å². The maximum atomic E-state index is 12.7. The number of benzene rings is 2. The molecule has 3 rings (SSSR count). The highest BCUT2D eigenvalue weighted by atomic mass is 79.9. The van der Waals surface area contributed by atoms with Crippen molar-refractivity contribution in [2.75, 3.05) is 38.0 Å². The molecule has 27 heavy (non-hydrogen) atoms. The second-order valence-corrected chi connectivity index (χ2v) is 9.63. The lowest BCUT2D eigenvalue weighted by Crippen LogP contribution is -3.15. The quantitative estimate of drug-likeness (QED) is 0.693. The number of anilines is 1. The molecule has 0 saturated carbocycles. The molecule has 1 aliphatic heterocycles. The largest absolute Gasteiger partial charge is 0.325 e. The van der Waals surface area contributed by atoms with Crippen molar-refractivity contribution in [3.8, 4) is 0 Å². The van der Waals surface area contributed by atoms with Crippen molar-refractivity contribution in [1.82, 2.24) is 4.31 Å². The number of halogens is 2. The second-order valence-electron chi connectivity index (χ2n) is 6.34. The van der Waals surface area contributed by atoms with E-state index in [1.165, 1.54) is 16.4 Å². The van der Waals surface area contributed by atoms with Gasteiger partial charge in [0, 0.05) is 15.2 Å². The molecule has 144 valence electrons. The van der Waals surface area contributed by atoms with Crippen molar-refractivity contribution in [1.29, 1.82) is 0 Å². The molecule has 0 radical (unpaired) electrons. The minimum absolute atomic E-state index is 0.0860. The van der Waals surface area contributed by atoms with Gasteiger partial charge in [-0.3, -0.25) is 4.79 Å². The van der Waals surface area contributed by atoms with E-state index >= 15 is 0 Å². The highest BCUT2D eigenvalue weighted by Gasteiger charge is 2.31. The minimum Gasteiger partial charge on any atom is -0.325 e. The Balaban J connectivity index is 1.54. The Morgan fingerprint density at radius 2 is 1.81 bits per heavy atom. The van der Waals surface area contributed by atoms with E-state index in [0.29, 0.717) is 37.7 Å². The first kappa shape index (κ1) is 20.3. The van der Waals surface area contributed by atoms with Crippen LogP contribution in [-0.2, 0) is 14.8 Å². The minimum atomic E-state index is -3.53. The average Bonchev–Trinajstić information content (AvgIpc) is 2.62. The monoisotopic (exact) mass is 472 g/mol. The summed E-state index contributed by atoms with van der Waals surface area (Å²) in [4.78, 5) is 13.5. The summed E-state index contributed by atoms with van der Waals surface area (Å²) in [5.74, 6) is -0.0860. The zero-order valence-electron chi connectivity index (χ0n) is 14.5. The van der Waals surface area contributed by atoms with Crippen molar-refractivity contribution in [2.24, 2.45) is 0 Å². The van der Waals surface area contributed by atoms with Crippen LogP contribution in [0.2, 0.25) is 5.02 Å². The van der Waals surface area contributed by atoms with Gasteiger partial charge in [-0.25, -0.2) is 8.42 Å². The summed E-state index contributed by atoms with van der Waals surface area (Å²) < 4.78 is 27.7. The molecule has 0 aliphatic carbocycles. The van der Waals surface area contributed by atoms with Gasteiger partial charge in [-0.2, -0.15) is 4.31 Å². The van der Waals surface area contributed by atoms with Crippen LogP contribution in [0.3, 0.4) is 0 Å². The summed E-state index contributed by atoms with van der Waals surface area (Å²) >= 11 is 9.20. The zero-order chi connectivity index (χ0) is 19.4. The standard InChI is InChI=1S/C18H19BrClN3O3S/c19-14-2-1-3-16(12-14)21-18(24)13-22-8-10-23(11-9-22)27(25,26)17-6-4-15(20)5-7-17/h1-7,12H,8-11,13H2,(H,21,24)/p+1. The van der Waals surface area contributed by atoms with E-state index in [1.54, 1.807) is 12.1 Å². The summed E-state index contributed by atoms with van der Waals surface area (Å²) in [5, 5.41) is 3.37. The Labute approximate surface area is 172 Å². The van der Waals surface area contributed by atoms with Gasteiger partial charge in [0.1, 0.15) is 0 Å². The predicted molar refractivity (Wildman–Crippen MR) is 109 cm³/mol. The van der Waals surface area contributed by atoms with E-state index in [1.807, 2.05) is 24.3 Å². The van der Waals surface area contributed by atoms with Crippen LogP contribution in [0.4, 0.5) is 5.69 Å². The summed E-state index contributed by atoms with van der Waals surface area (Å²) in [5.41, 5.74) is 0.734. The van der Waals surface area contributed by atoms with Crippen LogP contribution in [-0.4, -0.2) is 51.4 Å². The van der Waals surface area contributed by atoms with Gasteiger partial charge in [-0.05, 0) is 42.5 Å². The summed E-state index contributed by atoms with van der Waals surface area (Å²) in [7, 11) is -3.53. The topological polar surface area (TPSA) is 70.9 Å². The highest BCUT2D eigenvalue weighted by Crippen LogP contribution is 2.18. The Kier molecular flexibility index (Phi) is 6.54. The molecular weight excluding hydrogens is 454 g/mol. The number of nitrogens with zero attached hydrogens (tertiary/aromatic N) is 1. The van der Waals surface area contributed by atoms with Gasteiger partial charge in [0.25, 0.3) is 5.91 Å². The smallest absolute Gasteiger partial charge is 0.279 e. The summed E-state index contributed by atoms with van der Waals surface area (Å²) in [6, 6.07) is 13.6. The Morgan fingerprint density at radius 3 is 2.44 bits per heavy atom. The molecule has 0 spiro atoms. The predicted octanol–water partition coefficient (Wildman–Crippen LogP) is 1.63. The number of nitrogens with one attached hydrogen (secondary N) is 2. The number of hydrogen-bond acceptors (Lipinski definition) is 3. The number of sulfonamides is 1. The van der Waals surface area contributed by atoms with E-state index in [0.717, 1.165) is 15.1 Å². The first-order chi connectivity index (χ1) is 12.8. The lowest BCUT2D eigenvalue weighted by molar-refractivity contribution is -0.895.